The first-order valence-corrected chi connectivity index (χ1v) is 8.30. The van der Waals surface area contributed by atoms with Gasteiger partial charge in [-0.1, -0.05) is 13.8 Å². The molecule has 1 aromatic rings. The third-order valence-electron chi connectivity index (χ3n) is 2.90. The Balaban J connectivity index is 2.85. The largest absolute Gasteiger partial charge is 0.383 e. The third-order valence-corrected chi connectivity index (χ3v) is 4.33. The van der Waals surface area contributed by atoms with E-state index >= 15 is 0 Å². The van der Waals surface area contributed by atoms with Gasteiger partial charge in [-0.15, -0.1) is 0 Å². The Hall–Kier alpha value is -0.890. The van der Waals surface area contributed by atoms with Crippen molar-refractivity contribution in [2.24, 2.45) is 0 Å². The smallest absolute Gasteiger partial charge is 0.242 e. The Morgan fingerprint density at radius 3 is 2.65 bits per heavy atom. The minimum Gasteiger partial charge on any atom is -0.383 e. The number of sulfonamides is 1. The molecule has 0 atom stereocenters. The first-order chi connectivity index (χ1) is 9.40. The summed E-state index contributed by atoms with van der Waals surface area (Å²) in [6.07, 6.45) is 1.67. The predicted molar refractivity (Wildman–Crippen MR) is 79.1 cm³/mol. The quantitative estimate of drug-likeness (QED) is 0.666. The van der Waals surface area contributed by atoms with Crippen LogP contribution in [0, 0.1) is 0 Å². The highest BCUT2D eigenvalue weighted by molar-refractivity contribution is 7.89. The van der Waals surface area contributed by atoms with Crippen molar-refractivity contribution >= 4 is 10.0 Å². The van der Waals surface area contributed by atoms with E-state index in [4.69, 9.17) is 4.74 Å². The molecule has 0 spiro atoms. The zero-order chi connectivity index (χ0) is 15.2. The van der Waals surface area contributed by atoms with E-state index in [1.54, 1.807) is 12.3 Å². The second-order valence-electron chi connectivity index (χ2n) is 4.88. The van der Waals surface area contributed by atoms with Gasteiger partial charge < -0.3 is 14.6 Å². The summed E-state index contributed by atoms with van der Waals surface area (Å²) in [5.74, 6) is 0. The number of methoxy groups -OCH3 is 1. The number of aromatic nitrogens is 1. The summed E-state index contributed by atoms with van der Waals surface area (Å²) >= 11 is 0. The van der Waals surface area contributed by atoms with Crippen molar-refractivity contribution in [2.45, 2.75) is 44.8 Å². The second kappa shape index (κ2) is 7.78. The van der Waals surface area contributed by atoms with Crippen molar-refractivity contribution in [1.82, 2.24) is 14.6 Å². The van der Waals surface area contributed by atoms with Crippen LogP contribution >= 0.6 is 0 Å². The van der Waals surface area contributed by atoms with Gasteiger partial charge in [-0.3, -0.25) is 0 Å². The standard InChI is InChI=1S/C13H25N3O3S/c1-5-16-10-13(8-12(16)9-14-11(2)3)20(17,18)15-6-7-19-4/h8,10-11,14-15H,5-7,9H2,1-4H3. The minimum absolute atomic E-state index is 0.274. The summed E-state index contributed by atoms with van der Waals surface area (Å²) < 4.78 is 33.6. The first-order valence-electron chi connectivity index (χ1n) is 6.81. The molecule has 0 aromatic carbocycles. The zero-order valence-corrected chi connectivity index (χ0v) is 13.5. The average molecular weight is 303 g/mol. The summed E-state index contributed by atoms with van der Waals surface area (Å²) in [7, 11) is -1.92. The van der Waals surface area contributed by atoms with Gasteiger partial charge in [0.05, 0.1) is 11.5 Å². The molecular formula is C13H25N3O3S. The van der Waals surface area contributed by atoms with Crippen LogP contribution in [-0.4, -0.2) is 39.3 Å². The lowest BCUT2D eigenvalue weighted by atomic mass is 10.3. The monoisotopic (exact) mass is 303 g/mol. The van der Waals surface area contributed by atoms with Crippen molar-refractivity contribution < 1.29 is 13.2 Å². The zero-order valence-electron chi connectivity index (χ0n) is 12.6. The lowest BCUT2D eigenvalue weighted by molar-refractivity contribution is 0.204. The molecule has 0 aliphatic rings. The molecule has 0 saturated carbocycles. The molecule has 7 heteroatoms. The molecule has 1 aromatic heterocycles. The SMILES string of the molecule is CCn1cc(S(=O)(=O)NCCOC)cc1CNC(C)C. The van der Waals surface area contributed by atoms with Crippen LogP contribution in [0.4, 0.5) is 0 Å². The normalized spacial score (nSPS) is 12.2. The van der Waals surface area contributed by atoms with Gasteiger partial charge in [0.2, 0.25) is 10.0 Å². The van der Waals surface area contributed by atoms with Gasteiger partial charge in [-0.25, -0.2) is 13.1 Å². The Labute approximate surface area is 121 Å². The van der Waals surface area contributed by atoms with Crippen LogP contribution in [0.25, 0.3) is 0 Å². The van der Waals surface area contributed by atoms with Gasteiger partial charge in [0, 0.05) is 44.7 Å². The van der Waals surface area contributed by atoms with Crippen molar-refractivity contribution in [2.75, 3.05) is 20.3 Å². The number of hydrogen-bond acceptors (Lipinski definition) is 4. The Morgan fingerprint density at radius 2 is 2.10 bits per heavy atom. The summed E-state index contributed by atoms with van der Waals surface area (Å²) in [4.78, 5) is 0.302. The Bertz CT molecular complexity index is 509. The average Bonchev–Trinajstić information content (AvgIpc) is 2.80. The van der Waals surface area contributed by atoms with Crippen LogP contribution in [0.5, 0.6) is 0 Å². The van der Waals surface area contributed by atoms with Gasteiger partial charge in [0.15, 0.2) is 0 Å². The van der Waals surface area contributed by atoms with Gasteiger partial charge in [0.25, 0.3) is 0 Å². The maximum atomic E-state index is 12.1. The van der Waals surface area contributed by atoms with Crippen LogP contribution in [0.1, 0.15) is 26.5 Å². The lowest BCUT2D eigenvalue weighted by Gasteiger charge is -2.09. The molecule has 0 radical (unpaired) electrons. The molecule has 0 unspecified atom stereocenters. The molecular weight excluding hydrogens is 278 g/mol. The van der Waals surface area contributed by atoms with E-state index in [2.05, 4.69) is 23.9 Å². The first kappa shape index (κ1) is 17.2. The molecule has 1 heterocycles. The van der Waals surface area contributed by atoms with E-state index in [1.807, 2.05) is 11.5 Å². The molecule has 0 aliphatic heterocycles. The predicted octanol–water partition coefficient (Wildman–Crippen LogP) is 0.931. The fourth-order valence-corrected chi connectivity index (χ4v) is 2.86. The third kappa shape index (κ3) is 4.90. The molecule has 1 rings (SSSR count). The topological polar surface area (TPSA) is 72.4 Å². The molecule has 0 fully saturated rings. The molecule has 2 N–H and O–H groups in total. The molecule has 0 amide bonds. The molecule has 20 heavy (non-hydrogen) atoms. The van der Waals surface area contributed by atoms with Crippen LogP contribution < -0.4 is 10.0 Å². The lowest BCUT2D eigenvalue weighted by Crippen LogP contribution is -2.26. The molecule has 116 valence electrons. The fraction of sp³-hybridized carbons (Fsp3) is 0.692. The van der Waals surface area contributed by atoms with Crippen LogP contribution in [0.3, 0.4) is 0 Å². The van der Waals surface area contributed by atoms with E-state index in [0.717, 1.165) is 12.2 Å². The Kier molecular flexibility index (Phi) is 6.67. The van der Waals surface area contributed by atoms with Crippen molar-refractivity contribution in [3.63, 3.8) is 0 Å². The van der Waals surface area contributed by atoms with Gasteiger partial charge in [-0.2, -0.15) is 0 Å². The minimum atomic E-state index is -3.46. The van der Waals surface area contributed by atoms with E-state index in [1.165, 1.54) is 7.11 Å². The summed E-state index contributed by atoms with van der Waals surface area (Å²) in [5, 5.41) is 3.30. The van der Waals surface area contributed by atoms with Crippen molar-refractivity contribution in [3.05, 3.63) is 18.0 Å². The maximum Gasteiger partial charge on any atom is 0.242 e. The van der Waals surface area contributed by atoms with Crippen LogP contribution in [0.15, 0.2) is 17.2 Å². The van der Waals surface area contributed by atoms with Crippen LogP contribution in [0.2, 0.25) is 0 Å². The van der Waals surface area contributed by atoms with Crippen molar-refractivity contribution in [3.8, 4) is 0 Å². The molecule has 0 bridgehead atoms. The number of nitrogens with one attached hydrogen (secondary N) is 2. The number of rotatable bonds is 9. The van der Waals surface area contributed by atoms with Crippen molar-refractivity contribution in [1.29, 1.82) is 0 Å². The maximum absolute atomic E-state index is 12.1. The number of aryl methyl sites for hydroxylation is 1. The van der Waals surface area contributed by atoms with E-state index < -0.39 is 10.0 Å². The Morgan fingerprint density at radius 1 is 1.40 bits per heavy atom. The number of nitrogens with zero attached hydrogens (tertiary/aromatic N) is 1. The second-order valence-corrected chi connectivity index (χ2v) is 6.65. The highest BCUT2D eigenvalue weighted by Gasteiger charge is 2.17. The highest BCUT2D eigenvalue weighted by Crippen LogP contribution is 2.14. The van der Waals surface area contributed by atoms with Gasteiger partial charge >= 0.3 is 0 Å². The summed E-state index contributed by atoms with van der Waals surface area (Å²) in [6, 6.07) is 2.07. The summed E-state index contributed by atoms with van der Waals surface area (Å²) in [5.41, 5.74) is 0.966. The van der Waals surface area contributed by atoms with Gasteiger partial charge in [-0.05, 0) is 13.0 Å². The van der Waals surface area contributed by atoms with E-state index in [0.29, 0.717) is 24.1 Å². The molecule has 0 saturated heterocycles. The van der Waals surface area contributed by atoms with Gasteiger partial charge in [0.1, 0.15) is 0 Å². The van der Waals surface area contributed by atoms with E-state index in [9.17, 15) is 8.42 Å². The van der Waals surface area contributed by atoms with Crippen LogP contribution in [-0.2, 0) is 27.8 Å². The molecule has 6 nitrogen and oxygen atoms in total. The number of hydrogen-bond donors (Lipinski definition) is 2. The van der Waals surface area contributed by atoms with E-state index in [-0.39, 0.29) is 6.54 Å². The summed E-state index contributed by atoms with van der Waals surface area (Å²) in [6.45, 7) is 8.13. The number of ether oxygens (including phenoxy) is 1. The highest BCUT2D eigenvalue weighted by atomic mass is 32.2. The fourth-order valence-electron chi connectivity index (χ4n) is 1.78. The molecule has 0 aliphatic carbocycles.